The zero-order chi connectivity index (χ0) is 22.0. The van der Waals surface area contributed by atoms with Gasteiger partial charge in [-0.15, -0.1) is 0 Å². The molecule has 158 valence electrons. The normalized spacial score (nSPS) is 12.1. The number of aromatic hydroxyl groups is 1. The lowest BCUT2D eigenvalue weighted by Crippen LogP contribution is -2.31. The third-order valence-corrected chi connectivity index (χ3v) is 5.45. The average molecular weight is 408 g/mol. The second-order valence-electron chi connectivity index (χ2n) is 7.94. The summed E-state index contributed by atoms with van der Waals surface area (Å²) in [6.07, 6.45) is -0.846. The molecular formula is C24H29N3O3. The van der Waals surface area contributed by atoms with Crippen molar-refractivity contribution in [2.45, 2.75) is 40.3 Å². The van der Waals surface area contributed by atoms with Crippen LogP contribution in [-0.4, -0.2) is 44.4 Å². The molecule has 3 rings (SSSR count). The van der Waals surface area contributed by atoms with E-state index in [-0.39, 0.29) is 18.2 Å². The Hall–Kier alpha value is -3.12. The Balaban J connectivity index is 1.76. The summed E-state index contributed by atoms with van der Waals surface area (Å²) in [5, 5.41) is 24.8. The van der Waals surface area contributed by atoms with Crippen LogP contribution < -0.4 is 0 Å². The predicted octanol–water partition coefficient (Wildman–Crippen LogP) is 3.68. The number of rotatable bonds is 6. The number of aryl methyl sites for hydroxylation is 3. The fourth-order valence-electron chi connectivity index (χ4n) is 3.55. The molecule has 0 bridgehead atoms. The molecule has 0 aliphatic carbocycles. The van der Waals surface area contributed by atoms with Gasteiger partial charge in [-0.25, -0.2) is 0 Å². The molecular weight excluding hydrogens is 378 g/mol. The summed E-state index contributed by atoms with van der Waals surface area (Å²) >= 11 is 0. The number of hydrogen-bond donors (Lipinski definition) is 2. The third kappa shape index (κ3) is 4.54. The summed E-state index contributed by atoms with van der Waals surface area (Å²) in [5.74, 6) is 0.0114. The van der Waals surface area contributed by atoms with Gasteiger partial charge in [-0.1, -0.05) is 35.9 Å². The highest BCUT2D eigenvalue weighted by molar-refractivity contribution is 5.96. The number of carbonyl (C=O) groups excluding carboxylic acids is 1. The van der Waals surface area contributed by atoms with Crippen LogP contribution in [0.2, 0.25) is 0 Å². The molecule has 0 saturated heterocycles. The maximum atomic E-state index is 13.1. The standard InChI is InChI=1S/C24H29N3O3/c1-15-6-8-19(9-7-15)13-27-18(4)23(17(3)25-27)24(30)26(5)14-22(29)20-10-11-21(28)16(2)12-20/h6-12,22,28-29H,13-14H2,1-5H3. The first-order valence-corrected chi connectivity index (χ1v) is 10.00. The van der Waals surface area contributed by atoms with Crippen molar-refractivity contribution >= 4 is 5.91 Å². The van der Waals surface area contributed by atoms with Crippen molar-refractivity contribution in [1.29, 1.82) is 0 Å². The average Bonchev–Trinajstić information content (AvgIpc) is 2.98. The molecule has 0 spiro atoms. The second-order valence-corrected chi connectivity index (χ2v) is 7.94. The highest BCUT2D eigenvalue weighted by Gasteiger charge is 2.24. The molecule has 0 fully saturated rings. The van der Waals surface area contributed by atoms with E-state index in [0.717, 1.165) is 11.3 Å². The van der Waals surface area contributed by atoms with E-state index in [2.05, 4.69) is 29.4 Å². The molecule has 6 nitrogen and oxygen atoms in total. The van der Waals surface area contributed by atoms with Crippen molar-refractivity contribution < 1.29 is 15.0 Å². The van der Waals surface area contributed by atoms with E-state index in [1.54, 1.807) is 32.2 Å². The highest BCUT2D eigenvalue weighted by Crippen LogP contribution is 2.23. The van der Waals surface area contributed by atoms with Crippen molar-refractivity contribution in [3.05, 3.63) is 81.7 Å². The summed E-state index contributed by atoms with van der Waals surface area (Å²) in [6, 6.07) is 13.2. The number of likely N-dealkylation sites (N-methyl/N-ethyl adjacent to an activating group) is 1. The number of carbonyl (C=O) groups is 1. The number of aliphatic hydroxyl groups excluding tert-OH is 1. The first-order chi connectivity index (χ1) is 14.2. The van der Waals surface area contributed by atoms with Gasteiger partial charge < -0.3 is 15.1 Å². The number of phenols is 1. The Morgan fingerprint density at radius 3 is 2.40 bits per heavy atom. The maximum Gasteiger partial charge on any atom is 0.257 e. The van der Waals surface area contributed by atoms with Crippen molar-refractivity contribution in [3.63, 3.8) is 0 Å². The van der Waals surface area contributed by atoms with E-state index in [1.807, 2.05) is 25.5 Å². The van der Waals surface area contributed by atoms with Gasteiger partial charge in [0, 0.05) is 12.7 Å². The molecule has 1 atom stereocenters. The maximum absolute atomic E-state index is 13.1. The van der Waals surface area contributed by atoms with Crippen LogP contribution in [0.15, 0.2) is 42.5 Å². The quantitative estimate of drug-likeness (QED) is 0.653. The predicted molar refractivity (Wildman–Crippen MR) is 117 cm³/mol. The van der Waals surface area contributed by atoms with Crippen molar-refractivity contribution in [1.82, 2.24) is 14.7 Å². The summed E-state index contributed by atoms with van der Waals surface area (Å²) in [5.41, 5.74) is 5.71. The Labute approximate surface area is 177 Å². The van der Waals surface area contributed by atoms with Crippen LogP contribution in [0.3, 0.4) is 0 Å². The van der Waals surface area contributed by atoms with Gasteiger partial charge >= 0.3 is 0 Å². The van der Waals surface area contributed by atoms with E-state index >= 15 is 0 Å². The lowest BCUT2D eigenvalue weighted by molar-refractivity contribution is 0.0679. The fraction of sp³-hybridized carbons (Fsp3) is 0.333. The first-order valence-electron chi connectivity index (χ1n) is 10.00. The van der Waals surface area contributed by atoms with E-state index in [0.29, 0.717) is 28.9 Å². The SMILES string of the molecule is Cc1ccc(Cn2nc(C)c(C(=O)N(C)CC(O)c3ccc(O)c(C)c3)c2C)cc1. The molecule has 0 aliphatic rings. The van der Waals surface area contributed by atoms with E-state index < -0.39 is 6.10 Å². The van der Waals surface area contributed by atoms with Crippen LogP contribution in [0.4, 0.5) is 0 Å². The van der Waals surface area contributed by atoms with Crippen LogP contribution >= 0.6 is 0 Å². The van der Waals surface area contributed by atoms with Crippen LogP contribution in [-0.2, 0) is 6.54 Å². The van der Waals surface area contributed by atoms with Crippen LogP contribution in [0.25, 0.3) is 0 Å². The Morgan fingerprint density at radius 2 is 1.77 bits per heavy atom. The van der Waals surface area contributed by atoms with Gasteiger partial charge in [0.25, 0.3) is 5.91 Å². The molecule has 1 unspecified atom stereocenters. The largest absolute Gasteiger partial charge is 0.508 e. The van der Waals surface area contributed by atoms with Crippen LogP contribution in [0, 0.1) is 27.7 Å². The molecule has 0 radical (unpaired) electrons. The fourth-order valence-corrected chi connectivity index (χ4v) is 3.55. The molecule has 2 N–H and O–H groups in total. The van der Waals surface area contributed by atoms with Crippen LogP contribution in [0.5, 0.6) is 5.75 Å². The number of aromatic nitrogens is 2. The molecule has 6 heteroatoms. The van der Waals surface area contributed by atoms with Crippen LogP contribution in [0.1, 0.15) is 50.1 Å². The number of phenolic OH excluding ortho intramolecular Hbond substituents is 1. The van der Waals surface area contributed by atoms with Crippen molar-refractivity contribution in [3.8, 4) is 5.75 Å². The molecule has 30 heavy (non-hydrogen) atoms. The number of benzene rings is 2. The highest BCUT2D eigenvalue weighted by atomic mass is 16.3. The van der Waals surface area contributed by atoms with Gasteiger partial charge in [0.15, 0.2) is 0 Å². The Kier molecular flexibility index (Phi) is 6.27. The minimum Gasteiger partial charge on any atom is -0.508 e. The molecule has 2 aromatic carbocycles. The zero-order valence-corrected chi connectivity index (χ0v) is 18.2. The monoisotopic (exact) mass is 407 g/mol. The lowest BCUT2D eigenvalue weighted by atomic mass is 10.0. The summed E-state index contributed by atoms with van der Waals surface area (Å²) < 4.78 is 1.85. The van der Waals surface area contributed by atoms with Gasteiger partial charge in [-0.3, -0.25) is 9.48 Å². The van der Waals surface area contributed by atoms with E-state index in [1.165, 1.54) is 10.5 Å². The Bertz CT molecular complexity index is 1050. The minimum atomic E-state index is -0.846. The summed E-state index contributed by atoms with van der Waals surface area (Å²) in [7, 11) is 1.68. The van der Waals surface area contributed by atoms with Crippen molar-refractivity contribution in [2.24, 2.45) is 0 Å². The van der Waals surface area contributed by atoms with Gasteiger partial charge in [0.1, 0.15) is 5.75 Å². The molecule has 1 amide bonds. The molecule has 0 aliphatic heterocycles. The molecule has 0 saturated carbocycles. The number of aliphatic hydroxyl groups is 1. The third-order valence-electron chi connectivity index (χ3n) is 5.45. The first kappa shape index (κ1) is 21.6. The molecule has 1 aromatic heterocycles. The second kappa shape index (κ2) is 8.71. The number of nitrogens with zero attached hydrogens (tertiary/aromatic N) is 3. The lowest BCUT2D eigenvalue weighted by Gasteiger charge is -2.22. The molecule has 3 aromatic rings. The van der Waals surface area contributed by atoms with E-state index in [9.17, 15) is 15.0 Å². The van der Waals surface area contributed by atoms with E-state index in [4.69, 9.17) is 0 Å². The van der Waals surface area contributed by atoms with Gasteiger partial charge in [-0.2, -0.15) is 5.10 Å². The summed E-state index contributed by atoms with van der Waals surface area (Å²) in [4.78, 5) is 14.6. The zero-order valence-electron chi connectivity index (χ0n) is 18.2. The van der Waals surface area contributed by atoms with Gasteiger partial charge in [0.05, 0.1) is 30.5 Å². The molecule has 1 heterocycles. The number of amides is 1. The smallest absolute Gasteiger partial charge is 0.257 e. The topological polar surface area (TPSA) is 78.6 Å². The minimum absolute atomic E-state index is 0.144. The number of hydrogen-bond acceptors (Lipinski definition) is 4. The van der Waals surface area contributed by atoms with Gasteiger partial charge in [-0.05, 0) is 56.5 Å². The summed E-state index contributed by atoms with van der Waals surface area (Å²) in [6.45, 7) is 8.29. The van der Waals surface area contributed by atoms with Crippen molar-refractivity contribution in [2.75, 3.05) is 13.6 Å². The van der Waals surface area contributed by atoms with Gasteiger partial charge in [0.2, 0.25) is 0 Å². The Morgan fingerprint density at radius 1 is 1.10 bits per heavy atom.